The molecule has 0 aromatic heterocycles. The van der Waals surface area contributed by atoms with E-state index in [-0.39, 0.29) is 24.4 Å². The average Bonchev–Trinajstić information content (AvgIpc) is 2.03. The predicted molar refractivity (Wildman–Crippen MR) is 62.2 cm³/mol. The molecule has 0 saturated heterocycles. The van der Waals surface area contributed by atoms with Crippen molar-refractivity contribution in [3.8, 4) is 0 Å². The van der Waals surface area contributed by atoms with Gasteiger partial charge >= 0.3 is 24.4 Å². The van der Waals surface area contributed by atoms with Crippen molar-refractivity contribution in [2.75, 3.05) is 5.75 Å². The van der Waals surface area contributed by atoms with E-state index in [4.69, 9.17) is 0 Å². The fraction of sp³-hybridized carbons (Fsp3) is 1.00. The van der Waals surface area contributed by atoms with Crippen LogP contribution in [0.4, 0.5) is 0 Å². The van der Waals surface area contributed by atoms with E-state index in [1.165, 1.54) is 51.4 Å². The summed E-state index contributed by atoms with van der Waals surface area (Å²) in [6, 6.07) is 0. The Hall–Kier alpha value is 1.17. The summed E-state index contributed by atoms with van der Waals surface area (Å²) in [6.45, 7) is 2.26. The van der Waals surface area contributed by atoms with Crippen molar-refractivity contribution >= 4 is 37.1 Å². The number of hydrogen-bond acceptors (Lipinski definition) is 1. The van der Waals surface area contributed by atoms with E-state index in [1.54, 1.807) is 0 Å². The Bertz CT molecular complexity index is 58.9. The monoisotopic (exact) mass is 295 g/mol. The molecule has 12 heavy (non-hydrogen) atoms. The van der Waals surface area contributed by atoms with Crippen LogP contribution in [-0.4, -0.2) is 30.2 Å². The van der Waals surface area contributed by atoms with Crippen LogP contribution in [0.3, 0.4) is 0 Å². The van der Waals surface area contributed by atoms with Gasteiger partial charge in [-0.2, -0.15) is 12.6 Å². The van der Waals surface area contributed by atoms with Gasteiger partial charge in [0, 0.05) is 0 Å². The molecule has 0 aliphatic carbocycles. The Morgan fingerprint density at radius 3 is 1.58 bits per heavy atom. The van der Waals surface area contributed by atoms with Crippen LogP contribution < -0.4 is 0 Å². The second kappa shape index (κ2) is 14.7. The van der Waals surface area contributed by atoms with Crippen molar-refractivity contribution in [1.82, 2.24) is 0 Å². The van der Waals surface area contributed by atoms with Crippen LogP contribution in [0.5, 0.6) is 0 Å². The maximum Gasteiger partial charge on any atom is 5.00 e. The third-order valence-corrected chi connectivity index (χ3v) is 2.33. The smallest absolute Gasteiger partial charge is 0.179 e. The van der Waals surface area contributed by atoms with Gasteiger partial charge in [-0.25, -0.2) is 0 Å². The molecule has 0 N–H and O–H groups in total. The molecule has 2 heteroatoms. The first-order valence-corrected chi connectivity index (χ1v) is 5.66. The zero-order chi connectivity index (χ0) is 8.36. The quantitative estimate of drug-likeness (QED) is 0.394. The van der Waals surface area contributed by atoms with E-state index >= 15 is 0 Å². The fourth-order valence-electron chi connectivity index (χ4n) is 1.25. The van der Waals surface area contributed by atoms with Gasteiger partial charge < -0.3 is 0 Å². The summed E-state index contributed by atoms with van der Waals surface area (Å²) in [5.74, 6) is 1.06. The molecule has 0 unspecified atom stereocenters. The minimum atomic E-state index is 0. The van der Waals surface area contributed by atoms with Crippen LogP contribution in [0, 0.1) is 0 Å². The molecule has 0 aromatic carbocycles. The summed E-state index contributed by atoms with van der Waals surface area (Å²) in [5.41, 5.74) is 0. The van der Waals surface area contributed by atoms with E-state index in [2.05, 4.69) is 19.6 Å². The normalized spacial score (nSPS) is 9.50. The van der Waals surface area contributed by atoms with Crippen LogP contribution in [0.15, 0.2) is 0 Å². The molecule has 0 nitrogen and oxygen atoms in total. The van der Waals surface area contributed by atoms with Crippen LogP contribution in [0.25, 0.3) is 0 Å². The van der Waals surface area contributed by atoms with Gasteiger partial charge in [0.1, 0.15) is 0 Å². The Kier molecular flexibility index (Phi) is 19.1. The van der Waals surface area contributed by atoms with Gasteiger partial charge in [-0.15, -0.1) is 0 Å². The number of rotatable bonds is 8. The third kappa shape index (κ3) is 13.7. The van der Waals surface area contributed by atoms with Crippen molar-refractivity contribution in [2.45, 2.75) is 58.3 Å². The van der Waals surface area contributed by atoms with Gasteiger partial charge in [0.05, 0.1) is 0 Å². The van der Waals surface area contributed by atoms with Gasteiger partial charge in [0.25, 0.3) is 0 Å². The summed E-state index contributed by atoms with van der Waals surface area (Å²) in [4.78, 5) is 0. The van der Waals surface area contributed by atoms with Crippen LogP contribution >= 0.6 is 12.6 Å². The van der Waals surface area contributed by atoms with Gasteiger partial charge in [0.2, 0.25) is 0 Å². The Morgan fingerprint density at radius 2 is 1.17 bits per heavy atom. The van der Waals surface area contributed by atoms with Crippen molar-refractivity contribution in [1.29, 1.82) is 0 Å². The zero-order valence-electron chi connectivity index (χ0n) is 8.26. The second-order valence-corrected chi connectivity index (χ2v) is 3.65. The largest absolute Gasteiger partial charge is 5.00 e. The molecular weight excluding hydrogens is 274 g/mol. The zero-order valence-corrected chi connectivity index (χ0v) is 11.7. The predicted octanol–water partition coefficient (Wildman–Crippen LogP) is 3.68. The molecule has 0 bridgehead atoms. The maximum atomic E-state index is 4.18. The Labute approximate surface area is 101 Å². The van der Waals surface area contributed by atoms with Crippen molar-refractivity contribution in [3.63, 3.8) is 0 Å². The maximum absolute atomic E-state index is 4.18. The molecular formula is C10H22SSb+5. The van der Waals surface area contributed by atoms with Gasteiger partial charge in [-0.1, -0.05) is 51.9 Å². The molecule has 0 rings (SSSR count). The standard InChI is InChI=1S/C10H22S.Sb/c1-2-3-4-5-6-7-8-9-10-11;/h11H,2-10H2,1H3;/q;+5. The van der Waals surface area contributed by atoms with E-state index in [9.17, 15) is 0 Å². The molecule has 0 aliphatic rings. The first kappa shape index (κ1) is 15.6. The summed E-state index contributed by atoms with van der Waals surface area (Å²) < 4.78 is 0. The molecule has 0 radical (unpaired) electrons. The first-order chi connectivity index (χ1) is 5.41. The molecule has 0 aliphatic heterocycles. The SMILES string of the molecule is CCCCCCCCCCS.[Sb+5]. The van der Waals surface area contributed by atoms with Gasteiger partial charge in [-0.05, 0) is 12.2 Å². The molecule has 0 saturated carbocycles. The molecule has 0 amide bonds. The molecule has 0 aromatic rings. The fourth-order valence-corrected chi connectivity index (χ4v) is 1.47. The summed E-state index contributed by atoms with van der Waals surface area (Å²) in [5, 5.41) is 0. The van der Waals surface area contributed by atoms with Crippen LogP contribution in [0.1, 0.15) is 58.3 Å². The second-order valence-electron chi connectivity index (χ2n) is 3.20. The minimum Gasteiger partial charge on any atom is -0.179 e. The van der Waals surface area contributed by atoms with Crippen molar-refractivity contribution in [3.05, 3.63) is 0 Å². The minimum absolute atomic E-state index is 0. The third-order valence-electron chi connectivity index (χ3n) is 2.01. The van der Waals surface area contributed by atoms with Crippen LogP contribution in [0.2, 0.25) is 0 Å². The summed E-state index contributed by atoms with van der Waals surface area (Å²) >= 11 is 4.18. The van der Waals surface area contributed by atoms with Crippen molar-refractivity contribution < 1.29 is 0 Å². The topological polar surface area (TPSA) is 0 Å². The number of thiol groups is 1. The Balaban J connectivity index is 0. The Morgan fingerprint density at radius 1 is 0.750 bits per heavy atom. The first-order valence-electron chi connectivity index (χ1n) is 5.02. The molecule has 0 heterocycles. The van der Waals surface area contributed by atoms with E-state index in [0.717, 1.165) is 5.75 Å². The molecule has 0 atom stereocenters. The van der Waals surface area contributed by atoms with E-state index in [1.807, 2.05) is 0 Å². The molecule has 68 valence electrons. The summed E-state index contributed by atoms with van der Waals surface area (Å²) in [6.07, 6.45) is 11.2. The van der Waals surface area contributed by atoms with Gasteiger partial charge in [-0.3, -0.25) is 0 Å². The number of unbranched alkanes of at least 4 members (excludes halogenated alkanes) is 7. The van der Waals surface area contributed by atoms with E-state index in [0.29, 0.717) is 0 Å². The van der Waals surface area contributed by atoms with Crippen molar-refractivity contribution in [2.24, 2.45) is 0 Å². The molecule has 0 fully saturated rings. The van der Waals surface area contributed by atoms with Crippen LogP contribution in [-0.2, 0) is 0 Å². The average molecular weight is 296 g/mol. The summed E-state index contributed by atoms with van der Waals surface area (Å²) in [7, 11) is 0. The van der Waals surface area contributed by atoms with E-state index < -0.39 is 0 Å². The number of hydrogen-bond donors (Lipinski definition) is 1. The molecule has 0 spiro atoms. The van der Waals surface area contributed by atoms with Gasteiger partial charge in [0.15, 0.2) is 0 Å².